The van der Waals surface area contributed by atoms with Crippen LogP contribution in [0.1, 0.15) is 39.5 Å². The first-order valence-electron chi connectivity index (χ1n) is 6.70. The summed E-state index contributed by atoms with van der Waals surface area (Å²) in [6.45, 7) is 6.64. The van der Waals surface area contributed by atoms with Crippen molar-refractivity contribution in [1.82, 2.24) is 9.62 Å². The lowest BCUT2D eigenvalue weighted by atomic mass is 10.3. The summed E-state index contributed by atoms with van der Waals surface area (Å²) in [5.41, 5.74) is 0. The summed E-state index contributed by atoms with van der Waals surface area (Å²) in [6, 6.07) is 0. The minimum absolute atomic E-state index is 0.185. The Morgan fingerprint density at radius 3 is 2.44 bits per heavy atom. The predicted molar refractivity (Wildman–Crippen MR) is 76.9 cm³/mol. The van der Waals surface area contributed by atoms with Crippen molar-refractivity contribution in [3.63, 3.8) is 0 Å². The van der Waals surface area contributed by atoms with E-state index in [1.807, 2.05) is 6.92 Å². The summed E-state index contributed by atoms with van der Waals surface area (Å²) in [7, 11) is -3.18. The van der Waals surface area contributed by atoms with Crippen molar-refractivity contribution < 1.29 is 8.42 Å². The van der Waals surface area contributed by atoms with Crippen LogP contribution in [0.5, 0.6) is 0 Å². The number of rotatable bonds is 11. The second-order valence-corrected chi connectivity index (χ2v) is 6.40. The zero-order chi connectivity index (χ0) is 13.9. The number of terminal acetylenes is 1. The predicted octanol–water partition coefficient (Wildman–Crippen LogP) is 1.44. The molecule has 0 aliphatic rings. The molecule has 0 atom stereocenters. The minimum Gasteiger partial charge on any atom is -0.317 e. The molecule has 4 nitrogen and oxygen atoms in total. The Labute approximate surface area is 112 Å². The highest BCUT2D eigenvalue weighted by Gasteiger charge is 2.19. The van der Waals surface area contributed by atoms with Gasteiger partial charge in [0.2, 0.25) is 10.0 Å². The van der Waals surface area contributed by atoms with Gasteiger partial charge in [0, 0.05) is 6.54 Å². The molecule has 0 aromatic carbocycles. The van der Waals surface area contributed by atoms with E-state index >= 15 is 0 Å². The maximum absolute atomic E-state index is 12.0. The molecule has 0 saturated heterocycles. The first-order chi connectivity index (χ1) is 8.58. The molecule has 0 aromatic heterocycles. The molecule has 0 fully saturated rings. The van der Waals surface area contributed by atoms with Crippen LogP contribution in [-0.4, -0.2) is 44.7 Å². The van der Waals surface area contributed by atoms with Gasteiger partial charge in [-0.3, -0.25) is 0 Å². The third-order valence-electron chi connectivity index (χ3n) is 2.57. The fraction of sp³-hybridized carbons (Fsp3) is 0.846. The number of sulfonamides is 1. The molecule has 0 aliphatic heterocycles. The monoisotopic (exact) mass is 274 g/mol. The van der Waals surface area contributed by atoms with Gasteiger partial charge in [0.15, 0.2) is 0 Å². The number of nitrogens with zero attached hydrogens (tertiary/aromatic N) is 1. The van der Waals surface area contributed by atoms with E-state index in [1.165, 1.54) is 4.31 Å². The van der Waals surface area contributed by atoms with Crippen molar-refractivity contribution in [3.8, 4) is 12.3 Å². The van der Waals surface area contributed by atoms with E-state index < -0.39 is 10.0 Å². The molecule has 18 heavy (non-hydrogen) atoms. The highest BCUT2D eigenvalue weighted by atomic mass is 32.2. The molecule has 0 rings (SSSR count). The van der Waals surface area contributed by atoms with Gasteiger partial charge < -0.3 is 5.32 Å². The second-order valence-electron chi connectivity index (χ2n) is 4.31. The van der Waals surface area contributed by atoms with Gasteiger partial charge in [-0.05, 0) is 38.8 Å². The van der Waals surface area contributed by atoms with E-state index in [1.54, 1.807) is 0 Å². The third-order valence-corrected chi connectivity index (χ3v) is 4.47. The third kappa shape index (κ3) is 7.70. The Bertz CT molecular complexity index is 333. The van der Waals surface area contributed by atoms with Gasteiger partial charge >= 0.3 is 0 Å². The van der Waals surface area contributed by atoms with Crippen LogP contribution in [0.3, 0.4) is 0 Å². The summed E-state index contributed by atoms with van der Waals surface area (Å²) in [5, 5.41) is 3.26. The molecular weight excluding hydrogens is 248 g/mol. The highest BCUT2D eigenvalue weighted by molar-refractivity contribution is 7.89. The number of nitrogens with one attached hydrogen (secondary N) is 1. The Morgan fingerprint density at radius 1 is 1.17 bits per heavy atom. The van der Waals surface area contributed by atoms with Crippen LogP contribution >= 0.6 is 0 Å². The summed E-state index contributed by atoms with van der Waals surface area (Å²) in [6.07, 6.45) is 8.66. The van der Waals surface area contributed by atoms with E-state index in [0.717, 1.165) is 32.4 Å². The Balaban J connectivity index is 4.00. The molecule has 0 unspecified atom stereocenters. The fourth-order valence-corrected chi connectivity index (χ4v) is 3.19. The standard InChI is InChI=1S/C13H26N2O2S/c1-4-9-14-10-7-8-13-18(16,17)15(11-5-2)12-6-3/h2,14H,4,6-13H2,1,3H3. The largest absolute Gasteiger partial charge is 0.317 e. The maximum Gasteiger partial charge on any atom is 0.214 e. The van der Waals surface area contributed by atoms with Gasteiger partial charge in [-0.25, -0.2) is 8.42 Å². The quantitative estimate of drug-likeness (QED) is 0.458. The molecule has 0 heterocycles. The topological polar surface area (TPSA) is 49.4 Å². The van der Waals surface area contributed by atoms with Crippen molar-refractivity contribution in [1.29, 1.82) is 0 Å². The highest BCUT2D eigenvalue weighted by Crippen LogP contribution is 2.05. The first-order valence-corrected chi connectivity index (χ1v) is 8.31. The number of hydrogen-bond donors (Lipinski definition) is 1. The molecule has 0 aliphatic carbocycles. The Hall–Kier alpha value is -0.570. The zero-order valence-corrected chi connectivity index (χ0v) is 12.4. The number of hydrogen-bond acceptors (Lipinski definition) is 3. The van der Waals surface area contributed by atoms with Gasteiger partial charge in [0.25, 0.3) is 0 Å². The summed E-state index contributed by atoms with van der Waals surface area (Å²) >= 11 is 0. The molecule has 0 radical (unpaired) electrons. The van der Waals surface area contributed by atoms with Gasteiger partial charge in [-0.2, -0.15) is 4.31 Å². The smallest absolute Gasteiger partial charge is 0.214 e. The lowest BCUT2D eigenvalue weighted by Gasteiger charge is -2.18. The van der Waals surface area contributed by atoms with Crippen LogP contribution in [0.25, 0.3) is 0 Å². The Kier molecular flexibility index (Phi) is 10.0. The van der Waals surface area contributed by atoms with Gasteiger partial charge in [-0.1, -0.05) is 19.8 Å². The van der Waals surface area contributed by atoms with Crippen LogP contribution in [0.15, 0.2) is 0 Å². The minimum atomic E-state index is -3.18. The SMILES string of the molecule is C#CCN(CCC)S(=O)(=O)CCCCNCCC. The van der Waals surface area contributed by atoms with Crippen LogP contribution < -0.4 is 5.32 Å². The Morgan fingerprint density at radius 2 is 1.89 bits per heavy atom. The molecule has 0 aromatic rings. The lowest BCUT2D eigenvalue weighted by molar-refractivity contribution is 0.443. The van der Waals surface area contributed by atoms with Crippen molar-refractivity contribution in [3.05, 3.63) is 0 Å². The zero-order valence-electron chi connectivity index (χ0n) is 11.6. The van der Waals surface area contributed by atoms with Crippen LogP contribution in [-0.2, 0) is 10.0 Å². The molecule has 1 N–H and O–H groups in total. The van der Waals surface area contributed by atoms with E-state index in [9.17, 15) is 8.42 Å². The van der Waals surface area contributed by atoms with Crippen LogP contribution in [0, 0.1) is 12.3 Å². The summed E-state index contributed by atoms with van der Waals surface area (Å²) in [5.74, 6) is 2.61. The molecule has 0 bridgehead atoms. The van der Waals surface area contributed by atoms with E-state index in [0.29, 0.717) is 13.0 Å². The molecule has 0 amide bonds. The van der Waals surface area contributed by atoms with Crippen molar-refractivity contribution in [2.45, 2.75) is 39.5 Å². The van der Waals surface area contributed by atoms with E-state index in [4.69, 9.17) is 6.42 Å². The summed E-state index contributed by atoms with van der Waals surface area (Å²) in [4.78, 5) is 0. The van der Waals surface area contributed by atoms with E-state index in [-0.39, 0.29) is 12.3 Å². The van der Waals surface area contributed by atoms with Crippen molar-refractivity contribution in [2.75, 3.05) is 31.9 Å². The number of unbranched alkanes of at least 4 members (excludes halogenated alkanes) is 1. The first kappa shape index (κ1) is 17.4. The van der Waals surface area contributed by atoms with E-state index in [2.05, 4.69) is 18.2 Å². The van der Waals surface area contributed by atoms with Gasteiger partial charge in [-0.15, -0.1) is 6.42 Å². The molecule has 0 spiro atoms. The second kappa shape index (κ2) is 10.4. The average Bonchev–Trinajstić information content (AvgIpc) is 2.33. The molecule has 106 valence electrons. The van der Waals surface area contributed by atoms with Crippen LogP contribution in [0.2, 0.25) is 0 Å². The normalized spacial score (nSPS) is 11.7. The fourth-order valence-electron chi connectivity index (χ4n) is 1.63. The lowest BCUT2D eigenvalue weighted by Crippen LogP contribution is -2.34. The summed E-state index contributed by atoms with van der Waals surface area (Å²) < 4.78 is 25.4. The maximum atomic E-state index is 12.0. The average molecular weight is 274 g/mol. The van der Waals surface area contributed by atoms with Crippen molar-refractivity contribution >= 4 is 10.0 Å². The van der Waals surface area contributed by atoms with Crippen LogP contribution in [0.4, 0.5) is 0 Å². The van der Waals surface area contributed by atoms with Gasteiger partial charge in [0.1, 0.15) is 0 Å². The van der Waals surface area contributed by atoms with Crippen molar-refractivity contribution in [2.24, 2.45) is 0 Å². The molecular formula is C13H26N2O2S. The van der Waals surface area contributed by atoms with Gasteiger partial charge in [0.05, 0.1) is 12.3 Å². The molecule has 5 heteroatoms. The molecule has 0 saturated carbocycles.